The number of carbonyl (C=O) groups excluding carboxylic acids is 1. The van der Waals surface area contributed by atoms with Crippen molar-refractivity contribution in [1.29, 1.82) is 0 Å². The number of anilines is 1. The molecule has 0 saturated carbocycles. The van der Waals surface area contributed by atoms with Crippen LogP contribution in [-0.2, 0) is 19.4 Å². The molecule has 3 N–H and O–H groups in total. The monoisotopic (exact) mass is 494 g/mol. The Morgan fingerprint density at radius 2 is 1.73 bits per heavy atom. The van der Waals surface area contributed by atoms with Gasteiger partial charge >= 0.3 is 0 Å². The molecule has 0 bridgehead atoms. The molecule has 5 rings (SSSR count). The minimum absolute atomic E-state index is 0.249. The number of nitrogen functional groups attached to an aromatic ring is 1. The fourth-order valence-corrected chi connectivity index (χ4v) is 4.40. The molecule has 5 aromatic rings. The number of hydrogen-bond donors (Lipinski definition) is 2. The molecule has 8 nitrogen and oxygen atoms in total. The first-order valence-electron chi connectivity index (χ1n) is 12.1. The van der Waals surface area contributed by atoms with E-state index in [0.29, 0.717) is 42.6 Å². The zero-order valence-corrected chi connectivity index (χ0v) is 20.6. The number of nitrogens with two attached hydrogens (primary N) is 1. The zero-order chi connectivity index (χ0) is 25.8. The average Bonchev–Trinajstić information content (AvgIpc) is 2.93. The molecule has 0 aliphatic carbocycles. The Balaban J connectivity index is 1.49. The summed E-state index contributed by atoms with van der Waals surface area (Å²) < 4.78 is 8.45. The van der Waals surface area contributed by atoms with Gasteiger partial charge in [0, 0.05) is 19.2 Å². The maximum Gasteiger partial charge on any atom is 0.278 e. The molecule has 0 fully saturated rings. The molecule has 3 heterocycles. The van der Waals surface area contributed by atoms with Crippen LogP contribution in [0.3, 0.4) is 0 Å². The molecule has 1 amide bonds. The van der Waals surface area contributed by atoms with Gasteiger partial charge in [0.1, 0.15) is 16.7 Å². The number of aryl methyl sites for hydroxylation is 2. The Morgan fingerprint density at radius 3 is 2.49 bits per heavy atom. The molecular formula is C29H28N5O3+. The van der Waals surface area contributed by atoms with E-state index in [4.69, 9.17) is 15.5 Å². The highest BCUT2D eigenvalue weighted by molar-refractivity contribution is 6.00. The van der Waals surface area contributed by atoms with Crippen LogP contribution in [0.4, 0.5) is 5.82 Å². The lowest BCUT2D eigenvalue weighted by Gasteiger charge is -2.13. The quantitative estimate of drug-likeness (QED) is 0.255. The molecule has 0 unspecified atom stereocenters. The molecule has 0 aliphatic heterocycles. The van der Waals surface area contributed by atoms with E-state index in [9.17, 15) is 9.59 Å². The Bertz CT molecular complexity index is 1630. The fraction of sp³-hybridized carbons (Fsp3) is 0.172. The van der Waals surface area contributed by atoms with Gasteiger partial charge in [-0.25, -0.2) is 4.57 Å². The number of aromatic nitrogens is 3. The van der Waals surface area contributed by atoms with Gasteiger partial charge in [-0.3, -0.25) is 14.0 Å². The second kappa shape index (κ2) is 10.5. The standard InChI is InChI=1S/C29H27N5O3/c1-37-22-12-10-21(11-13-22)14-16-31-28(35)23-19-24-27(32-25-9-5-6-17-33(25)29(24)36)34(26(23)30)18-15-20-7-3-2-4-8-20/h2-13,17,19,30H,14-16,18H2,1H3,(H,31,35)/p+1. The minimum atomic E-state index is -0.334. The van der Waals surface area contributed by atoms with Gasteiger partial charge in [-0.05, 0) is 47.9 Å². The lowest BCUT2D eigenvalue weighted by atomic mass is 10.1. The molecule has 37 heavy (non-hydrogen) atoms. The van der Waals surface area contributed by atoms with E-state index in [1.165, 1.54) is 4.40 Å². The summed E-state index contributed by atoms with van der Waals surface area (Å²) in [5.41, 5.74) is 9.73. The van der Waals surface area contributed by atoms with E-state index in [1.807, 2.05) is 60.7 Å². The van der Waals surface area contributed by atoms with Crippen LogP contribution in [-0.4, -0.2) is 28.9 Å². The van der Waals surface area contributed by atoms with Gasteiger partial charge in [0.25, 0.3) is 17.1 Å². The average molecular weight is 495 g/mol. The lowest BCUT2D eigenvalue weighted by Crippen LogP contribution is -2.43. The van der Waals surface area contributed by atoms with Crippen molar-refractivity contribution in [3.8, 4) is 5.75 Å². The number of amides is 1. The number of benzene rings is 2. The third kappa shape index (κ3) is 4.99. The van der Waals surface area contributed by atoms with E-state index in [1.54, 1.807) is 36.1 Å². The first kappa shape index (κ1) is 24.0. The predicted molar refractivity (Wildman–Crippen MR) is 143 cm³/mol. The molecular weight excluding hydrogens is 466 g/mol. The summed E-state index contributed by atoms with van der Waals surface area (Å²) in [6.07, 6.45) is 2.98. The van der Waals surface area contributed by atoms with Gasteiger partial charge in [0.05, 0.1) is 13.7 Å². The molecule has 0 saturated heterocycles. The molecule has 0 spiro atoms. The van der Waals surface area contributed by atoms with E-state index < -0.39 is 0 Å². The maximum absolute atomic E-state index is 13.4. The van der Waals surface area contributed by atoms with Crippen LogP contribution in [0, 0.1) is 0 Å². The number of ether oxygens (including phenoxy) is 1. The van der Waals surface area contributed by atoms with Crippen LogP contribution in [0.5, 0.6) is 5.75 Å². The molecule has 8 heteroatoms. The Hall–Kier alpha value is -4.72. The molecule has 2 aromatic carbocycles. The van der Waals surface area contributed by atoms with Crippen molar-refractivity contribution in [2.75, 3.05) is 19.4 Å². The van der Waals surface area contributed by atoms with E-state index in [0.717, 1.165) is 16.9 Å². The van der Waals surface area contributed by atoms with Crippen molar-refractivity contribution in [2.45, 2.75) is 19.4 Å². The topological polar surface area (TPSA) is 103 Å². The fourth-order valence-electron chi connectivity index (χ4n) is 4.40. The van der Waals surface area contributed by atoms with Gasteiger partial charge in [-0.2, -0.15) is 0 Å². The second-order valence-corrected chi connectivity index (χ2v) is 8.77. The van der Waals surface area contributed by atoms with Crippen LogP contribution in [0.1, 0.15) is 21.5 Å². The highest BCUT2D eigenvalue weighted by Crippen LogP contribution is 2.16. The van der Waals surface area contributed by atoms with Crippen LogP contribution in [0.2, 0.25) is 0 Å². The number of rotatable bonds is 8. The minimum Gasteiger partial charge on any atom is -0.497 e. The first-order chi connectivity index (χ1) is 18.0. The van der Waals surface area contributed by atoms with Crippen LogP contribution < -0.4 is 25.9 Å². The summed E-state index contributed by atoms with van der Waals surface area (Å²) in [7, 11) is 1.62. The number of methoxy groups -OCH3 is 1. The van der Waals surface area contributed by atoms with Crippen molar-refractivity contribution in [3.05, 3.63) is 112 Å². The summed E-state index contributed by atoms with van der Waals surface area (Å²) in [4.78, 5) is 31.4. The van der Waals surface area contributed by atoms with Gasteiger partial charge in [-0.1, -0.05) is 53.5 Å². The summed E-state index contributed by atoms with van der Waals surface area (Å²) in [5.74, 6) is 0.723. The van der Waals surface area contributed by atoms with Gasteiger partial charge in [0.2, 0.25) is 11.5 Å². The highest BCUT2D eigenvalue weighted by Gasteiger charge is 2.24. The van der Waals surface area contributed by atoms with E-state index in [2.05, 4.69) is 5.32 Å². The van der Waals surface area contributed by atoms with Crippen LogP contribution >= 0.6 is 0 Å². The van der Waals surface area contributed by atoms with Gasteiger partial charge in [0.15, 0.2) is 0 Å². The summed E-state index contributed by atoms with van der Waals surface area (Å²) >= 11 is 0. The largest absolute Gasteiger partial charge is 0.497 e. The van der Waals surface area contributed by atoms with Crippen molar-refractivity contribution >= 4 is 28.4 Å². The summed E-state index contributed by atoms with van der Waals surface area (Å²) in [6.45, 7) is 0.885. The molecule has 0 radical (unpaired) electrons. The zero-order valence-electron chi connectivity index (χ0n) is 20.6. The van der Waals surface area contributed by atoms with Crippen LogP contribution in [0.25, 0.3) is 16.7 Å². The molecule has 3 aromatic heterocycles. The summed E-state index contributed by atoms with van der Waals surface area (Å²) in [6, 6.07) is 24.6. The lowest BCUT2D eigenvalue weighted by molar-refractivity contribution is -0.658. The van der Waals surface area contributed by atoms with Crippen molar-refractivity contribution < 1.29 is 14.1 Å². The van der Waals surface area contributed by atoms with Crippen molar-refractivity contribution in [3.63, 3.8) is 0 Å². The predicted octanol–water partition coefficient (Wildman–Crippen LogP) is 2.94. The Kier molecular flexibility index (Phi) is 6.81. The van der Waals surface area contributed by atoms with E-state index in [-0.39, 0.29) is 22.8 Å². The first-order valence-corrected chi connectivity index (χ1v) is 12.1. The SMILES string of the molecule is COc1ccc(CCNC(=O)c2cc3c(=O)n4ccccc4nc3[n+](CCc3ccccc3)c2N)cc1. The number of nitrogens with zero attached hydrogens (tertiary/aromatic N) is 3. The third-order valence-corrected chi connectivity index (χ3v) is 6.43. The maximum atomic E-state index is 13.4. The Labute approximate surface area is 214 Å². The molecule has 0 aliphatic rings. The number of nitrogens with one attached hydrogen (secondary N) is 1. The Morgan fingerprint density at radius 1 is 1.00 bits per heavy atom. The van der Waals surface area contributed by atoms with Crippen LogP contribution in [0.15, 0.2) is 89.9 Å². The van der Waals surface area contributed by atoms with E-state index >= 15 is 0 Å². The van der Waals surface area contributed by atoms with Gasteiger partial charge in [-0.15, -0.1) is 0 Å². The number of carbonyl (C=O) groups is 1. The molecule has 186 valence electrons. The third-order valence-electron chi connectivity index (χ3n) is 6.43. The normalized spacial score (nSPS) is 11.1. The highest BCUT2D eigenvalue weighted by atomic mass is 16.5. The summed E-state index contributed by atoms with van der Waals surface area (Å²) in [5, 5.41) is 3.29. The molecule has 0 atom stereocenters. The number of fused-ring (bicyclic) bond motifs is 2. The number of hydrogen-bond acceptors (Lipinski definition) is 5. The second-order valence-electron chi connectivity index (χ2n) is 8.77. The number of pyridine rings is 2. The van der Waals surface area contributed by atoms with Crippen molar-refractivity contribution in [2.24, 2.45) is 0 Å². The van der Waals surface area contributed by atoms with Gasteiger partial charge < -0.3 is 15.8 Å². The van der Waals surface area contributed by atoms with Crippen molar-refractivity contribution in [1.82, 2.24) is 14.7 Å². The smallest absolute Gasteiger partial charge is 0.278 e.